The molecule has 0 aromatic heterocycles. The van der Waals surface area contributed by atoms with Gasteiger partial charge in [0.15, 0.2) is 0 Å². The number of anilines is 1. The Morgan fingerprint density at radius 3 is 1.85 bits per heavy atom. The third-order valence-electron chi connectivity index (χ3n) is 9.26. The molecule has 3 amide bonds. The van der Waals surface area contributed by atoms with Crippen LogP contribution >= 0.6 is 7.82 Å². The van der Waals surface area contributed by atoms with Gasteiger partial charge in [-0.2, -0.15) is 0 Å². The van der Waals surface area contributed by atoms with Crippen molar-refractivity contribution in [1.29, 1.82) is 0 Å². The number of hydrogen-bond acceptors (Lipinski definition) is 4. The Morgan fingerprint density at radius 1 is 0.796 bits per heavy atom. The SMILES string of the molecule is C[C@H]1c2ccc(C(=O)NCc3c(F)cc(F)cc3F)cc2N(Cc2c(F)c(Cc3ccccc3)c(OP(=O)(O)O)c(Cc3ccccc3)c2F)C(=O)N1C. The number of phosphoric acid groups is 1. The topological polar surface area (TPSA) is 119 Å². The standard InChI is InChI=1S/C39H33F5N3O6P/c1-22-27-14-13-25(38(48)45-20-30-32(41)18-26(40)19-33(30)42)17-34(27)47(39(49)46(22)2)21-31-35(43)28(15-23-9-5-3-6-10-23)37(53-54(50,51)52)29(36(31)44)16-24-11-7-4-8-12-24/h3-14,17-19,22H,15-16,20-21H2,1-2H3,(H,45,48)(H2,50,51,52)/t22-/m0/s1. The number of halogens is 5. The number of fused-ring (bicyclic) bond motifs is 1. The number of carbonyl (C=O) groups excluding carboxylic acids is 2. The lowest BCUT2D eigenvalue weighted by Gasteiger charge is -2.40. The molecule has 0 bridgehead atoms. The zero-order chi connectivity index (χ0) is 38.9. The van der Waals surface area contributed by atoms with Crippen LogP contribution in [0.25, 0.3) is 0 Å². The molecule has 1 aliphatic heterocycles. The number of rotatable bonds is 11. The second-order valence-electron chi connectivity index (χ2n) is 12.8. The summed E-state index contributed by atoms with van der Waals surface area (Å²) in [5, 5.41) is 2.37. The number of nitrogens with zero attached hydrogens (tertiary/aromatic N) is 2. The molecule has 0 aliphatic carbocycles. The van der Waals surface area contributed by atoms with Crippen molar-refractivity contribution < 1.29 is 50.4 Å². The summed E-state index contributed by atoms with van der Waals surface area (Å²) in [7, 11) is -3.87. The van der Waals surface area contributed by atoms with Gasteiger partial charge in [0.25, 0.3) is 5.91 Å². The van der Waals surface area contributed by atoms with Crippen LogP contribution in [0.2, 0.25) is 0 Å². The van der Waals surface area contributed by atoms with Crippen LogP contribution in [0.3, 0.4) is 0 Å². The second kappa shape index (κ2) is 15.4. The molecule has 15 heteroatoms. The molecule has 3 N–H and O–H groups in total. The maximum absolute atomic E-state index is 16.9. The lowest BCUT2D eigenvalue weighted by molar-refractivity contribution is 0.0950. The lowest BCUT2D eigenvalue weighted by atomic mass is 9.92. The largest absolute Gasteiger partial charge is 0.524 e. The Balaban J connectivity index is 1.45. The monoisotopic (exact) mass is 765 g/mol. The van der Waals surface area contributed by atoms with Gasteiger partial charge in [-0.15, -0.1) is 0 Å². The van der Waals surface area contributed by atoms with Gasteiger partial charge < -0.3 is 14.7 Å². The quantitative estimate of drug-likeness (QED) is 0.0924. The number of urea groups is 1. The molecule has 1 aliphatic rings. The van der Waals surface area contributed by atoms with Crippen LogP contribution in [-0.2, 0) is 30.5 Å². The van der Waals surface area contributed by atoms with E-state index in [1.807, 2.05) is 0 Å². The maximum Gasteiger partial charge on any atom is 0.524 e. The summed E-state index contributed by atoms with van der Waals surface area (Å²) in [6.45, 7) is 0.347. The molecular weight excluding hydrogens is 732 g/mol. The summed E-state index contributed by atoms with van der Waals surface area (Å²) >= 11 is 0. The molecule has 5 aromatic rings. The average Bonchev–Trinajstić information content (AvgIpc) is 3.13. The fourth-order valence-electron chi connectivity index (χ4n) is 6.39. The van der Waals surface area contributed by atoms with Crippen LogP contribution in [0.1, 0.15) is 62.3 Å². The molecule has 280 valence electrons. The van der Waals surface area contributed by atoms with Crippen molar-refractivity contribution in [1.82, 2.24) is 10.2 Å². The van der Waals surface area contributed by atoms with Gasteiger partial charge in [-0.1, -0.05) is 66.7 Å². The highest BCUT2D eigenvalue weighted by Gasteiger charge is 2.37. The first kappa shape index (κ1) is 38.2. The molecule has 5 aromatic carbocycles. The van der Waals surface area contributed by atoms with Crippen molar-refractivity contribution >= 4 is 25.4 Å². The van der Waals surface area contributed by atoms with E-state index in [2.05, 4.69) is 5.32 Å². The molecule has 0 spiro atoms. The summed E-state index contributed by atoms with van der Waals surface area (Å²) < 4.78 is 93.0. The highest BCUT2D eigenvalue weighted by Crippen LogP contribution is 2.46. The fraction of sp³-hybridized carbons (Fsp3) is 0.179. The molecule has 0 saturated heterocycles. The van der Waals surface area contributed by atoms with E-state index in [4.69, 9.17) is 4.52 Å². The number of nitrogens with one attached hydrogen (secondary N) is 1. The van der Waals surface area contributed by atoms with Gasteiger partial charge >= 0.3 is 13.9 Å². The highest BCUT2D eigenvalue weighted by molar-refractivity contribution is 7.46. The summed E-state index contributed by atoms with van der Waals surface area (Å²) in [4.78, 5) is 49.3. The molecule has 0 saturated carbocycles. The fourth-order valence-corrected chi connectivity index (χ4v) is 6.85. The van der Waals surface area contributed by atoms with Crippen molar-refractivity contribution in [2.75, 3.05) is 11.9 Å². The average molecular weight is 766 g/mol. The predicted molar refractivity (Wildman–Crippen MR) is 189 cm³/mol. The van der Waals surface area contributed by atoms with Crippen molar-refractivity contribution in [2.45, 2.75) is 38.9 Å². The normalized spacial score (nSPS) is 14.2. The molecule has 54 heavy (non-hydrogen) atoms. The number of amides is 3. The van der Waals surface area contributed by atoms with Crippen LogP contribution in [0.15, 0.2) is 91.0 Å². The smallest absolute Gasteiger partial charge is 0.403 e. The van der Waals surface area contributed by atoms with Crippen LogP contribution in [-0.4, -0.2) is 33.7 Å². The van der Waals surface area contributed by atoms with E-state index in [1.165, 1.54) is 30.1 Å². The Hall–Kier alpha value is -5.56. The first-order valence-corrected chi connectivity index (χ1v) is 18.1. The van der Waals surface area contributed by atoms with Crippen LogP contribution in [0, 0.1) is 29.1 Å². The van der Waals surface area contributed by atoms with Gasteiger partial charge in [0.1, 0.15) is 34.8 Å². The summed E-state index contributed by atoms with van der Waals surface area (Å²) in [5.74, 6) is -7.42. The van der Waals surface area contributed by atoms with Gasteiger partial charge in [-0.25, -0.2) is 31.3 Å². The minimum atomic E-state index is -5.36. The molecule has 0 unspecified atom stereocenters. The van der Waals surface area contributed by atoms with Gasteiger partial charge in [-0.3, -0.25) is 19.5 Å². The van der Waals surface area contributed by atoms with Gasteiger partial charge in [0, 0.05) is 66.4 Å². The Kier molecular flexibility index (Phi) is 10.9. The van der Waals surface area contributed by atoms with Crippen molar-refractivity contribution in [2.24, 2.45) is 0 Å². The van der Waals surface area contributed by atoms with Crippen LogP contribution in [0.4, 0.5) is 32.4 Å². The van der Waals surface area contributed by atoms with Crippen molar-refractivity contribution in [3.8, 4) is 5.75 Å². The van der Waals surface area contributed by atoms with E-state index in [1.54, 1.807) is 67.6 Å². The number of benzene rings is 5. The minimum absolute atomic E-state index is 0.0629. The number of carbonyl (C=O) groups is 2. The molecule has 1 atom stereocenters. The molecule has 0 fully saturated rings. The first-order chi connectivity index (χ1) is 25.6. The molecule has 9 nitrogen and oxygen atoms in total. The van der Waals surface area contributed by atoms with E-state index < -0.39 is 84.9 Å². The van der Waals surface area contributed by atoms with Gasteiger partial charge in [0.2, 0.25) is 0 Å². The third-order valence-corrected chi connectivity index (χ3v) is 9.68. The van der Waals surface area contributed by atoms with E-state index >= 15 is 8.78 Å². The third kappa shape index (κ3) is 8.01. The molecular formula is C39H33F5N3O6P. The van der Waals surface area contributed by atoms with Crippen molar-refractivity contribution in [3.63, 3.8) is 0 Å². The zero-order valence-electron chi connectivity index (χ0n) is 28.8. The van der Waals surface area contributed by atoms with Gasteiger partial charge in [-0.05, 0) is 35.7 Å². The summed E-state index contributed by atoms with van der Waals surface area (Å²) in [6, 6.07) is 20.7. The zero-order valence-corrected chi connectivity index (χ0v) is 29.7. The van der Waals surface area contributed by atoms with E-state index in [9.17, 15) is 37.1 Å². The highest BCUT2D eigenvalue weighted by atomic mass is 31.2. The van der Waals surface area contributed by atoms with E-state index in [0.717, 1.165) is 4.90 Å². The Labute approximate surface area is 306 Å². The Bertz CT molecular complexity index is 2200. The summed E-state index contributed by atoms with van der Waals surface area (Å²) in [6.07, 6.45) is -0.532. The second-order valence-corrected chi connectivity index (χ2v) is 13.9. The lowest BCUT2D eigenvalue weighted by Crippen LogP contribution is -2.47. The summed E-state index contributed by atoms with van der Waals surface area (Å²) in [5.41, 5.74) is -0.320. The van der Waals surface area contributed by atoms with Gasteiger partial charge in [0.05, 0.1) is 18.3 Å². The van der Waals surface area contributed by atoms with Crippen LogP contribution in [0.5, 0.6) is 5.75 Å². The number of phosphoric ester groups is 1. The predicted octanol–water partition coefficient (Wildman–Crippen LogP) is 8.10. The molecule has 6 rings (SSSR count). The Morgan fingerprint density at radius 2 is 1.33 bits per heavy atom. The minimum Gasteiger partial charge on any atom is -0.403 e. The molecule has 0 radical (unpaired) electrons. The van der Waals surface area contributed by atoms with Crippen molar-refractivity contribution in [3.05, 3.63) is 165 Å². The maximum atomic E-state index is 16.9. The van der Waals surface area contributed by atoms with E-state index in [-0.39, 0.29) is 35.2 Å². The van der Waals surface area contributed by atoms with E-state index in [0.29, 0.717) is 28.8 Å². The first-order valence-electron chi connectivity index (χ1n) is 16.6. The van der Waals surface area contributed by atoms with Crippen LogP contribution < -0.4 is 14.7 Å². The number of hydrogen-bond donors (Lipinski definition) is 3. The molecule has 1 heterocycles.